The molecule has 0 saturated carbocycles. The van der Waals surface area contributed by atoms with E-state index in [-0.39, 0.29) is 0 Å². The van der Waals surface area contributed by atoms with Crippen LogP contribution in [0.1, 0.15) is 17.5 Å². The molecule has 7 nitrogen and oxygen atoms in total. The molecule has 0 aliphatic heterocycles. The fraction of sp³-hybridized carbons (Fsp3) is 0.261. The Labute approximate surface area is 176 Å². The molecule has 2 heterocycles. The Morgan fingerprint density at radius 3 is 2.67 bits per heavy atom. The van der Waals surface area contributed by atoms with E-state index in [0.717, 1.165) is 37.5 Å². The standard InChI is InChI=1S/C23H27N7/c1-24-23(25-12-6-14-29-18-27-21-10-4-5-11-22(21)29)26-16-19-8-2-3-9-20(19)17-30-15-7-13-28-30/h2-5,7-11,13,15,18H,6,12,14,16-17H2,1H3,(H2,24,25,26). The maximum absolute atomic E-state index is 4.45. The van der Waals surface area contributed by atoms with Crippen molar-refractivity contribution in [1.82, 2.24) is 30.0 Å². The molecule has 0 spiro atoms. The summed E-state index contributed by atoms with van der Waals surface area (Å²) in [5.74, 6) is 0.805. The second kappa shape index (κ2) is 9.73. The highest BCUT2D eigenvalue weighted by Crippen LogP contribution is 2.12. The van der Waals surface area contributed by atoms with Crippen LogP contribution in [0.4, 0.5) is 0 Å². The summed E-state index contributed by atoms with van der Waals surface area (Å²) in [7, 11) is 1.80. The van der Waals surface area contributed by atoms with Gasteiger partial charge in [0, 0.05) is 39.1 Å². The van der Waals surface area contributed by atoms with Gasteiger partial charge in [-0.2, -0.15) is 5.10 Å². The predicted octanol–water partition coefficient (Wildman–Crippen LogP) is 3.04. The maximum atomic E-state index is 4.45. The third-order valence-corrected chi connectivity index (χ3v) is 5.08. The van der Waals surface area contributed by atoms with E-state index in [2.05, 4.69) is 66.7 Å². The number of guanidine groups is 1. The van der Waals surface area contributed by atoms with Crippen molar-refractivity contribution >= 4 is 17.0 Å². The van der Waals surface area contributed by atoms with E-state index in [0.29, 0.717) is 6.54 Å². The van der Waals surface area contributed by atoms with Gasteiger partial charge in [0.25, 0.3) is 0 Å². The first-order valence-corrected chi connectivity index (χ1v) is 10.2. The Bertz CT molecular complexity index is 1100. The molecular weight excluding hydrogens is 374 g/mol. The van der Waals surface area contributed by atoms with Gasteiger partial charge in [-0.3, -0.25) is 9.67 Å². The number of imidazole rings is 1. The zero-order valence-corrected chi connectivity index (χ0v) is 17.2. The Morgan fingerprint density at radius 2 is 1.83 bits per heavy atom. The minimum Gasteiger partial charge on any atom is -0.356 e. The highest BCUT2D eigenvalue weighted by Gasteiger charge is 2.05. The number of hydrogen-bond acceptors (Lipinski definition) is 3. The van der Waals surface area contributed by atoms with E-state index in [1.165, 1.54) is 16.6 Å². The number of nitrogens with zero attached hydrogens (tertiary/aromatic N) is 5. The van der Waals surface area contributed by atoms with Crippen LogP contribution in [-0.4, -0.2) is 38.9 Å². The number of aliphatic imine (C=N–C) groups is 1. The van der Waals surface area contributed by atoms with Crippen LogP contribution in [-0.2, 0) is 19.6 Å². The van der Waals surface area contributed by atoms with Crippen LogP contribution in [0.2, 0.25) is 0 Å². The second-order valence-corrected chi connectivity index (χ2v) is 7.11. The third kappa shape index (κ3) is 4.86. The summed E-state index contributed by atoms with van der Waals surface area (Å²) in [6.45, 7) is 3.22. The molecule has 7 heteroatoms. The van der Waals surface area contributed by atoms with E-state index >= 15 is 0 Å². The van der Waals surface area contributed by atoms with Crippen molar-refractivity contribution in [2.45, 2.75) is 26.1 Å². The molecule has 4 aromatic rings. The smallest absolute Gasteiger partial charge is 0.191 e. The first-order valence-electron chi connectivity index (χ1n) is 10.2. The second-order valence-electron chi connectivity index (χ2n) is 7.11. The lowest BCUT2D eigenvalue weighted by atomic mass is 10.1. The molecule has 4 rings (SSSR count). The van der Waals surface area contributed by atoms with Crippen LogP contribution in [0.3, 0.4) is 0 Å². The fourth-order valence-electron chi connectivity index (χ4n) is 3.50. The van der Waals surface area contributed by atoms with Gasteiger partial charge in [0.1, 0.15) is 0 Å². The molecule has 0 bridgehead atoms. The topological polar surface area (TPSA) is 72.1 Å². The van der Waals surface area contributed by atoms with Gasteiger partial charge >= 0.3 is 0 Å². The predicted molar refractivity (Wildman–Crippen MR) is 120 cm³/mol. The minimum atomic E-state index is 0.712. The van der Waals surface area contributed by atoms with Crippen LogP contribution < -0.4 is 10.6 Å². The Kier molecular flexibility index (Phi) is 6.39. The van der Waals surface area contributed by atoms with Crippen molar-refractivity contribution in [3.8, 4) is 0 Å². The normalized spacial score (nSPS) is 11.7. The molecule has 0 atom stereocenters. The first-order chi connectivity index (χ1) is 14.8. The van der Waals surface area contributed by atoms with Crippen molar-refractivity contribution in [2.24, 2.45) is 4.99 Å². The monoisotopic (exact) mass is 401 g/mol. The fourth-order valence-corrected chi connectivity index (χ4v) is 3.50. The van der Waals surface area contributed by atoms with Crippen LogP contribution in [0.25, 0.3) is 11.0 Å². The zero-order valence-electron chi connectivity index (χ0n) is 17.2. The number of aryl methyl sites for hydroxylation is 1. The lowest BCUT2D eigenvalue weighted by Crippen LogP contribution is -2.37. The molecule has 0 aliphatic carbocycles. The zero-order chi connectivity index (χ0) is 20.6. The van der Waals surface area contributed by atoms with Crippen molar-refractivity contribution in [3.63, 3.8) is 0 Å². The molecule has 0 fully saturated rings. The quantitative estimate of drug-likeness (QED) is 0.270. The summed E-state index contributed by atoms with van der Waals surface area (Å²) in [5.41, 5.74) is 4.70. The van der Waals surface area contributed by atoms with Gasteiger partial charge in [-0.1, -0.05) is 36.4 Å². The summed E-state index contributed by atoms with van der Waals surface area (Å²) < 4.78 is 4.13. The number of hydrogen-bond donors (Lipinski definition) is 2. The molecule has 0 saturated heterocycles. The summed E-state index contributed by atoms with van der Waals surface area (Å²) in [6, 6.07) is 18.6. The molecule has 0 radical (unpaired) electrons. The average molecular weight is 402 g/mol. The van der Waals surface area contributed by atoms with Crippen LogP contribution in [0.5, 0.6) is 0 Å². The molecule has 154 valence electrons. The van der Waals surface area contributed by atoms with Gasteiger partial charge in [-0.25, -0.2) is 4.98 Å². The molecule has 30 heavy (non-hydrogen) atoms. The summed E-state index contributed by atoms with van der Waals surface area (Å²) >= 11 is 0. The number of para-hydroxylation sites is 2. The molecule has 0 unspecified atom stereocenters. The average Bonchev–Trinajstić information content (AvgIpc) is 3.44. The van der Waals surface area contributed by atoms with E-state index in [9.17, 15) is 0 Å². The molecule has 2 N–H and O–H groups in total. The highest BCUT2D eigenvalue weighted by atomic mass is 15.3. The van der Waals surface area contributed by atoms with Gasteiger partial charge in [0.2, 0.25) is 0 Å². The minimum absolute atomic E-state index is 0.712. The number of rotatable bonds is 8. The number of nitrogens with one attached hydrogen (secondary N) is 2. The maximum Gasteiger partial charge on any atom is 0.191 e. The molecular formula is C23H27N7. The molecule has 0 amide bonds. The van der Waals surface area contributed by atoms with Gasteiger partial charge in [-0.05, 0) is 35.7 Å². The lowest BCUT2D eigenvalue weighted by molar-refractivity contribution is 0.636. The molecule has 2 aromatic heterocycles. The SMILES string of the molecule is CN=C(NCCCn1cnc2ccccc21)NCc1ccccc1Cn1cccn1. The van der Waals surface area contributed by atoms with Gasteiger partial charge in [-0.15, -0.1) is 0 Å². The first kappa shape index (κ1) is 19.7. The molecule has 2 aromatic carbocycles. The van der Waals surface area contributed by atoms with Crippen molar-refractivity contribution in [3.05, 3.63) is 84.4 Å². The Balaban J connectivity index is 1.26. The van der Waals surface area contributed by atoms with Crippen LogP contribution >= 0.6 is 0 Å². The number of aromatic nitrogens is 4. The van der Waals surface area contributed by atoms with Gasteiger partial charge < -0.3 is 15.2 Å². The van der Waals surface area contributed by atoms with E-state index in [1.54, 1.807) is 13.2 Å². The third-order valence-electron chi connectivity index (χ3n) is 5.08. The van der Waals surface area contributed by atoms with Gasteiger partial charge in [0.15, 0.2) is 5.96 Å². The highest BCUT2D eigenvalue weighted by molar-refractivity contribution is 5.79. The van der Waals surface area contributed by atoms with Crippen molar-refractivity contribution < 1.29 is 0 Å². The van der Waals surface area contributed by atoms with Crippen LogP contribution in [0, 0.1) is 0 Å². The van der Waals surface area contributed by atoms with Gasteiger partial charge in [0.05, 0.1) is 23.9 Å². The number of benzene rings is 2. The van der Waals surface area contributed by atoms with E-state index < -0.39 is 0 Å². The summed E-state index contributed by atoms with van der Waals surface area (Å²) in [4.78, 5) is 8.80. The van der Waals surface area contributed by atoms with E-state index in [1.807, 2.05) is 35.4 Å². The van der Waals surface area contributed by atoms with Crippen molar-refractivity contribution in [2.75, 3.05) is 13.6 Å². The van der Waals surface area contributed by atoms with E-state index in [4.69, 9.17) is 0 Å². The largest absolute Gasteiger partial charge is 0.356 e. The summed E-state index contributed by atoms with van der Waals surface area (Å²) in [6.07, 6.45) is 6.68. The van der Waals surface area contributed by atoms with Crippen molar-refractivity contribution in [1.29, 1.82) is 0 Å². The Morgan fingerprint density at radius 1 is 1.00 bits per heavy atom. The summed E-state index contributed by atoms with van der Waals surface area (Å²) in [5, 5.41) is 11.1. The Hall–Kier alpha value is -3.61. The van der Waals surface area contributed by atoms with Crippen LogP contribution in [0.15, 0.2) is 78.3 Å². The molecule has 0 aliphatic rings. The lowest BCUT2D eigenvalue weighted by Gasteiger charge is -2.14. The number of fused-ring (bicyclic) bond motifs is 1.